The molecule has 1 aliphatic rings. The average molecular weight is 300 g/mol. The summed E-state index contributed by atoms with van der Waals surface area (Å²) in [5.74, 6) is -4.44. The second-order valence-corrected chi connectivity index (χ2v) is 5.44. The Labute approximate surface area is 122 Å². The van der Waals surface area contributed by atoms with Gasteiger partial charge in [-0.3, -0.25) is 4.79 Å². The minimum atomic E-state index is -1.55. The van der Waals surface area contributed by atoms with Crippen molar-refractivity contribution in [3.8, 4) is 0 Å². The quantitative estimate of drug-likeness (QED) is 0.870. The van der Waals surface area contributed by atoms with Gasteiger partial charge in [-0.05, 0) is 31.0 Å². The summed E-state index contributed by atoms with van der Waals surface area (Å²) in [6.45, 7) is 5.93. The lowest BCUT2D eigenvalue weighted by molar-refractivity contribution is 0.0645. The Morgan fingerprint density at radius 3 is 2.48 bits per heavy atom. The van der Waals surface area contributed by atoms with Gasteiger partial charge in [0, 0.05) is 24.7 Å². The lowest BCUT2D eigenvalue weighted by atomic mass is 9.93. The molecule has 1 heterocycles. The molecule has 1 aromatic rings. The average Bonchev–Trinajstić information content (AvgIpc) is 2.45. The number of hydrogen-bond acceptors (Lipinski definition) is 2. The van der Waals surface area contributed by atoms with Gasteiger partial charge < -0.3 is 10.2 Å². The molecule has 2 atom stereocenters. The van der Waals surface area contributed by atoms with E-state index in [0.717, 1.165) is 25.1 Å². The lowest BCUT2D eigenvalue weighted by Crippen LogP contribution is -2.50. The Kier molecular flexibility index (Phi) is 4.88. The number of rotatable bonds is 3. The molecule has 1 aromatic carbocycles. The van der Waals surface area contributed by atoms with Crippen LogP contribution in [0.4, 0.5) is 13.2 Å². The molecule has 116 valence electrons. The van der Waals surface area contributed by atoms with E-state index in [0.29, 0.717) is 19.1 Å². The Balaban J connectivity index is 2.11. The van der Waals surface area contributed by atoms with Gasteiger partial charge in [-0.1, -0.05) is 13.8 Å². The third-order valence-corrected chi connectivity index (χ3v) is 3.89. The molecule has 0 aliphatic carbocycles. The number of amides is 1. The van der Waals surface area contributed by atoms with Crippen LogP contribution in [0.25, 0.3) is 0 Å². The Morgan fingerprint density at radius 2 is 1.95 bits per heavy atom. The molecule has 0 aromatic heterocycles. The van der Waals surface area contributed by atoms with Crippen LogP contribution in [0.5, 0.6) is 0 Å². The fourth-order valence-electron chi connectivity index (χ4n) is 2.76. The largest absolute Gasteiger partial charge is 0.338 e. The van der Waals surface area contributed by atoms with E-state index in [1.165, 1.54) is 0 Å². The summed E-state index contributed by atoms with van der Waals surface area (Å²) >= 11 is 0. The van der Waals surface area contributed by atoms with Crippen LogP contribution in [0.2, 0.25) is 0 Å². The van der Waals surface area contributed by atoms with Crippen molar-refractivity contribution >= 4 is 5.91 Å². The molecule has 6 heteroatoms. The number of halogens is 3. The molecule has 0 bridgehead atoms. The number of carbonyl (C=O) groups excluding carboxylic acids is 1. The van der Waals surface area contributed by atoms with Crippen LogP contribution in [0, 0.1) is 23.4 Å². The van der Waals surface area contributed by atoms with Crippen LogP contribution in [0.15, 0.2) is 12.1 Å². The van der Waals surface area contributed by atoms with E-state index in [2.05, 4.69) is 5.32 Å². The van der Waals surface area contributed by atoms with Crippen molar-refractivity contribution < 1.29 is 18.0 Å². The monoisotopic (exact) mass is 300 g/mol. The van der Waals surface area contributed by atoms with E-state index in [1.54, 1.807) is 4.90 Å². The maximum Gasteiger partial charge on any atom is 0.254 e. The second kappa shape index (κ2) is 6.47. The summed E-state index contributed by atoms with van der Waals surface area (Å²) < 4.78 is 39.4. The van der Waals surface area contributed by atoms with E-state index in [1.807, 2.05) is 13.8 Å². The van der Waals surface area contributed by atoms with Crippen molar-refractivity contribution in [3.63, 3.8) is 0 Å². The third-order valence-electron chi connectivity index (χ3n) is 3.89. The maximum atomic E-state index is 13.2. The van der Waals surface area contributed by atoms with Crippen molar-refractivity contribution in [2.45, 2.75) is 26.3 Å². The van der Waals surface area contributed by atoms with Crippen LogP contribution in [0.1, 0.15) is 30.6 Å². The summed E-state index contributed by atoms with van der Waals surface area (Å²) in [6, 6.07) is 1.84. The number of piperidine rings is 1. The van der Waals surface area contributed by atoms with Gasteiger partial charge in [0.05, 0.1) is 0 Å². The van der Waals surface area contributed by atoms with Crippen molar-refractivity contribution in [2.24, 2.45) is 5.92 Å². The predicted octanol–water partition coefficient (Wildman–Crippen LogP) is 2.56. The summed E-state index contributed by atoms with van der Waals surface area (Å²) in [4.78, 5) is 13.8. The van der Waals surface area contributed by atoms with Gasteiger partial charge in [0.25, 0.3) is 5.91 Å². The van der Waals surface area contributed by atoms with Crippen LogP contribution in [-0.4, -0.2) is 36.5 Å². The van der Waals surface area contributed by atoms with E-state index >= 15 is 0 Å². The van der Waals surface area contributed by atoms with E-state index < -0.39 is 23.4 Å². The highest BCUT2D eigenvalue weighted by atomic mass is 19.2. The van der Waals surface area contributed by atoms with Crippen molar-refractivity contribution in [1.82, 2.24) is 10.2 Å². The zero-order valence-corrected chi connectivity index (χ0v) is 12.1. The summed E-state index contributed by atoms with van der Waals surface area (Å²) in [7, 11) is 0. The molecule has 1 N–H and O–H groups in total. The first kappa shape index (κ1) is 15.8. The smallest absolute Gasteiger partial charge is 0.254 e. The number of likely N-dealkylation sites (tertiary alicyclic amines) is 1. The normalized spacial score (nSPS) is 22.4. The summed E-state index contributed by atoms with van der Waals surface area (Å²) in [6.07, 6.45) is 0.785. The number of hydrogen-bond donors (Lipinski definition) is 1. The van der Waals surface area contributed by atoms with Crippen LogP contribution in [0.3, 0.4) is 0 Å². The SMILES string of the molecule is CCNC1CCN(C(=O)c2cc(F)c(F)c(F)c2)CC1C. The highest BCUT2D eigenvalue weighted by molar-refractivity contribution is 5.94. The zero-order valence-electron chi connectivity index (χ0n) is 12.1. The van der Waals surface area contributed by atoms with E-state index in [-0.39, 0.29) is 11.5 Å². The van der Waals surface area contributed by atoms with Crippen LogP contribution in [-0.2, 0) is 0 Å². The minimum absolute atomic E-state index is 0.152. The van der Waals surface area contributed by atoms with Crippen molar-refractivity contribution in [3.05, 3.63) is 35.1 Å². The third kappa shape index (κ3) is 3.37. The topological polar surface area (TPSA) is 32.3 Å². The van der Waals surface area contributed by atoms with Crippen LogP contribution >= 0.6 is 0 Å². The molecule has 2 unspecified atom stereocenters. The van der Waals surface area contributed by atoms with Gasteiger partial charge in [0.2, 0.25) is 0 Å². The molecule has 0 spiro atoms. The molecular formula is C15H19F3N2O. The first-order chi connectivity index (χ1) is 9.93. The highest BCUT2D eigenvalue weighted by Crippen LogP contribution is 2.21. The molecule has 1 fully saturated rings. The molecule has 2 rings (SSSR count). The van der Waals surface area contributed by atoms with Crippen molar-refractivity contribution in [1.29, 1.82) is 0 Å². The molecule has 1 aliphatic heterocycles. The maximum absolute atomic E-state index is 13.2. The van der Waals surface area contributed by atoms with Gasteiger partial charge in [-0.15, -0.1) is 0 Å². The summed E-state index contributed by atoms with van der Waals surface area (Å²) in [5, 5.41) is 3.35. The second-order valence-electron chi connectivity index (χ2n) is 5.44. The molecular weight excluding hydrogens is 281 g/mol. The number of nitrogens with one attached hydrogen (secondary N) is 1. The Morgan fingerprint density at radius 1 is 1.33 bits per heavy atom. The summed E-state index contributed by atoms with van der Waals surface area (Å²) in [5.41, 5.74) is -0.152. The van der Waals surface area contributed by atoms with E-state index in [9.17, 15) is 18.0 Å². The number of nitrogens with zero attached hydrogens (tertiary/aromatic N) is 1. The minimum Gasteiger partial charge on any atom is -0.338 e. The van der Waals surface area contributed by atoms with Gasteiger partial charge in [-0.2, -0.15) is 0 Å². The molecule has 1 saturated heterocycles. The number of benzene rings is 1. The van der Waals surface area contributed by atoms with E-state index in [4.69, 9.17) is 0 Å². The molecule has 3 nitrogen and oxygen atoms in total. The van der Waals surface area contributed by atoms with Crippen LogP contribution < -0.4 is 5.32 Å². The van der Waals surface area contributed by atoms with Gasteiger partial charge in [-0.25, -0.2) is 13.2 Å². The fraction of sp³-hybridized carbons (Fsp3) is 0.533. The highest BCUT2D eigenvalue weighted by Gasteiger charge is 2.29. The lowest BCUT2D eigenvalue weighted by Gasteiger charge is -2.37. The molecule has 0 saturated carbocycles. The van der Waals surface area contributed by atoms with Crippen molar-refractivity contribution in [2.75, 3.05) is 19.6 Å². The first-order valence-electron chi connectivity index (χ1n) is 7.11. The zero-order chi connectivity index (χ0) is 15.6. The molecule has 0 radical (unpaired) electrons. The van der Waals surface area contributed by atoms with Gasteiger partial charge in [0.15, 0.2) is 17.5 Å². The van der Waals surface area contributed by atoms with Gasteiger partial charge in [0.1, 0.15) is 0 Å². The molecule has 1 amide bonds. The standard InChI is InChI=1S/C15H19F3N2O/c1-3-19-13-4-5-20(8-9(13)2)15(21)10-6-11(16)14(18)12(17)7-10/h6-7,9,13,19H,3-5,8H2,1-2H3. The predicted molar refractivity (Wildman–Crippen MR) is 73.5 cm³/mol. The first-order valence-corrected chi connectivity index (χ1v) is 7.11. The Hall–Kier alpha value is -1.56. The fourth-order valence-corrected chi connectivity index (χ4v) is 2.76. The number of carbonyl (C=O) groups is 1. The molecule has 21 heavy (non-hydrogen) atoms. The van der Waals surface area contributed by atoms with Gasteiger partial charge >= 0.3 is 0 Å². The Bertz CT molecular complexity index is 513.